The van der Waals surface area contributed by atoms with Gasteiger partial charge in [-0.2, -0.15) is 0 Å². The minimum atomic E-state index is -0.645. The number of fused-ring (bicyclic) bond motifs is 1. The maximum atomic E-state index is 12.4. The van der Waals surface area contributed by atoms with Gasteiger partial charge in [0.25, 0.3) is 11.5 Å². The second-order valence-corrected chi connectivity index (χ2v) is 5.46. The van der Waals surface area contributed by atoms with Crippen molar-refractivity contribution in [1.82, 2.24) is 9.97 Å². The van der Waals surface area contributed by atoms with Gasteiger partial charge in [0.2, 0.25) is 0 Å². The number of H-pyrrole nitrogens is 1. The number of hydrogen-bond acceptors (Lipinski definition) is 4. The lowest BCUT2D eigenvalue weighted by molar-refractivity contribution is 0.102. The first-order chi connectivity index (χ1) is 10.6. The van der Waals surface area contributed by atoms with Gasteiger partial charge in [-0.05, 0) is 44.2 Å². The number of carbonyl (C=O) groups excluding carboxylic acids is 1. The summed E-state index contributed by atoms with van der Waals surface area (Å²) in [5, 5.41) is 12.9. The van der Waals surface area contributed by atoms with Gasteiger partial charge in [0.05, 0.1) is 0 Å². The molecule has 0 aromatic carbocycles. The number of nitrogens with one attached hydrogen (secondary N) is 2. The van der Waals surface area contributed by atoms with Crippen molar-refractivity contribution >= 4 is 11.7 Å². The lowest BCUT2D eigenvalue weighted by atomic mass is 9.93. The van der Waals surface area contributed by atoms with Gasteiger partial charge >= 0.3 is 0 Å². The van der Waals surface area contributed by atoms with E-state index in [-0.39, 0.29) is 11.3 Å². The van der Waals surface area contributed by atoms with Crippen LogP contribution in [0.25, 0.3) is 0 Å². The topological polar surface area (TPSA) is 95.1 Å². The number of aromatic hydroxyl groups is 1. The number of aromatic amines is 1. The van der Waals surface area contributed by atoms with E-state index in [1.54, 1.807) is 25.3 Å². The molecule has 0 bridgehead atoms. The Morgan fingerprint density at radius 1 is 1.36 bits per heavy atom. The molecule has 6 heteroatoms. The van der Waals surface area contributed by atoms with Crippen LogP contribution in [0.3, 0.4) is 0 Å². The molecule has 0 saturated heterocycles. The quantitative estimate of drug-likeness (QED) is 0.789. The Kier molecular flexibility index (Phi) is 3.66. The maximum absolute atomic E-state index is 12.4. The fraction of sp³-hybridized carbons (Fsp3) is 0.312. The molecule has 6 nitrogen and oxygen atoms in total. The number of carbonyl (C=O) groups is 1. The fourth-order valence-corrected chi connectivity index (χ4v) is 2.76. The lowest BCUT2D eigenvalue weighted by Gasteiger charge is -2.18. The number of aromatic nitrogens is 2. The molecule has 0 fully saturated rings. The standard InChI is InChI=1S/C16H17N3O3/c1-9-5-4-8-17-14(9)19-16(22)12-13(20)10-6-2-3-7-11(10)18-15(12)21/h4-5,8H,2-3,6-7H2,1H3,(H,17,19,22)(H2,18,20,21). The van der Waals surface area contributed by atoms with Crippen LogP contribution in [-0.2, 0) is 12.8 Å². The number of aryl methyl sites for hydroxylation is 2. The highest BCUT2D eigenvalue weighted by Crippen LogP contribution is 2.28. The largest absolute Gasteiger partial charge is 0.507 e. The van der Waals surface area contributed by atoms with Gasteiger partial charge in [-0.15, -0.1) is 0 Å². The van der Waals surface area contributed by atoms with E-state index >= 15 is 0 Å². The second-order valence-electron chi connectivity index (χ2n) is 5.46. The number of amides is 1. The van der Waals surface area contributed by atoms with E-state index in [1.807, 2.05) is 0 Å². The van der Waals surface area contributed by atoms with E-state index in [9.17, 15) is 14.7 Å². The smallest absolute Gasteiger partial charge is 0.266 e. The minimum Gasteiger partial charge on any atom is -0.507 e. The predicted molar refractivity (Wildman–Crippen MR) is 82.3 cm³/mol. The Morgan fingerprint density at radius 2 is 2.14 bits per heavy atom. The van der Waals surface area contributed by atoms with Crippen LogP contribution in [0.1, 0.15) is 40.0 Å². The summed E-state index contributed by atoms with van der Waals surface area (Å²) >= 11 is 0. The van der Waals surface area contributed by atoms with Crippen molar-refractivity contribution in [3.05, 3.63) is 51.1 Å². The minimum absolute atomic E-state index is 0.204. The van der Waals surface area contributed by atoms with Crippen LogP contribution >= 0.6 is 0 Å². The molecule has 2 aromatic rings. The van der Waals surface area contributed by atoms with Gasteiger partial charge in [0.15, 0.2) is 0 Å². The second kappa shape index (κ2) is 5.63. The third kappa shape index (κ3) is 2.47. The van der Waals surface area contributed by atoms with E-state index < -0.39 is 11.5 Å². The summed E-state index contributed by atoms with van der Waals surface area (Å²) in [6, 6.07) is 3.56. The first kappa shape index (κ1) is 14.3. The molecule has 0 spiro atoms. The monoisotopic (exact) mass is 299 g/mol. The van der Waals surface area contributed by atoms with E-state index in [0.29, 0.717) is 17.8 Å². The molecule has 0 radical (unpaired) electrons. The van der Waals surface area contributed by atoms with Crippen LogP contribution in [0.15, 0.2) is 23.1 Å². The van der Waals surface area contributed by atoms with E-state index in [4.69, 9.17) is 0 Å². The molecule has 1 aliphatic rings. The van der Waals surface area contributed by atoms with E-state index in [2.05, 4.69) is 15.3 Å². The third-order valence-corrected chi connectivity index (χ3v) is 3.95. The Labute approximate surface area is 127 Å². The van der Waals surface area contributed by atoms with Crippen molar-refractivity contribution < 1.29 is 9.90 Å². The molecule has 0 saturated carbocycles. The van der Waals surface area contributed by atoms with Gasteiger partial charge in [-0.3, -0.25) is 9.59 Å². The Hall–Kier alpha value is -2.63. The third-order valence-electron chi connectivity index (χ3n) is 3.95. The van der Waals surface area contributed by atoms with E-state index in [1.165, 1.54) is 0 Å². The average Bonchev–Trinajstić information content (AvgIpc) is 2.49. The zero-order valence-electron chi connectivity index (χ0n) is 12.3. The maximum Gasteiger partial charge on any atom is 0.266 e. The van der Waals surface area contributed by atoms with Crippen molar-refractivity contribution in [2.24, 2.45) is 0 Å². The summed E-state index contributed by atoms with van der Waals surface area (Å²) in [5.41, 5.74) is 1.38. The normalized spacial score (nSPS) is 13.5. The zero-order chi connectivity index (χ0) is 15.7. The molecule has 22 heavy (non-hydrogen) atoms. The predicted octanol–water partition coefficient (Wildman–Crippen LogP) is 1.92. The summed E-state index contributed by atoms with van der Waals surface area (Å²) in [6.45, 7) is 1.81. The molecule has 114 valence electrons. The van der Waals surface area contributed by atoms with Crippen molar-refractivity contribution in [2.75, 3.05) is 5.32 Å². The average molecular weight is 299 g/mol. The summed E-state index contributed by atoms with van der Waals surface area (Å²) in [6.07, 6.45) is 4.86. The van der Waals surface area contributed by atoms with Gasteiger partial charge in [-0.1, -0.05) is 6.07 Å². The molecule has 0 aliphatic heterocycles. The first-order valence-corrected chi connectivity index (χ1v) is 7.28. The van der Waals surface area contributed by atoms with Crippen LogP contribution in [0.2, 0.25) is 0 Å². The number of anilines is 1. The number of rotatable bonds is 2. The van der Waals surface area contributed by atoms with Crippen LogP contribution < -0.4 is 10.9 Å². The Morgan fingerprint density at radius 3 is 2.91 bits per heavy atom. The number of pyridine rings is 2. The molecule has 0 atom stereocenters. The zero-order valence-corrected chi connectivity index (χ0v) is 12.3. The van der Waals surface area contributed by atoms with Gasteiger partial charge < -0.3 is 15.4 Å². The molecule has 3 N–H and O–H groups in total. The Bertz CT molecular complexity index is 796. The summed E-state index contributed by atoms with van der Waals surface area (Å²) in [4.78, 5) is 31.3. The lowest BCUT2D eigenvalue weighted by Crippen LogP contribution is -2.27. The van der Waals surface area contributed by atoms with Crippen molar-refractivity contribution in [2.45, 2.75) is 32.6 Å². The highest BCUT2D eigenvalue weighted by atomic mass is 16.3. The van der Waals surface area contributed by atoms with Gasteiger partial charge in [0, 0.05) is 17.5 Å². The Balaban J connectivity index is 2.00. The van der Waals surface area contributed by atoms with Gasteiger partial charge in [-0.25, -0.2) is 4.98 Å². The fourth-order valence-electron chi connectivity index (χ4n) is 2.76. The van der Waals surface area contributed by atoms with Gasteiger partial charge in [0.1, 0.15) is 17.1 Å². The highest BCUT2D eigenvalue weighted by Gasteiger charge is 2.24. The molecule has 0 unspecified atom stereocenters. The SMILES string of the molecule is Cc1cccnc1NC(=O)c1c(O)c2c([nH]c1=O)CCCC2. The van der Waals surface area contributed by atoms with Crippen LogP contribution in [-0.4, -0.2) is 21.0 Å². The van der Waals surface area contributed by atoms with E-state index in [0.717, 1.165) is 30.5 Å². The molecular formula is C16H17N3O3. The van der Waals surface area contributed by atoms with Crippen LogP contribution in [0.5, 0.6) is 5.75 Å². The van der Waals surface area contributed by atoms with Crippen molar-refractivity contribution in [3.8, 4) is 5.75 Å². The summed E-state index contributed by atoms with van der Waals surface area (Å²) in [5.74, 6) is -0.470. The van der Waals surface area contributed by atoms with Crippen LogP contribution in [0, 0.1) is 6.92 Å². The summed E-state index contributed by atoms with van der Waals surface area (Å²) < 4.78 is 0. The molecule has 2 heterocycles. The first-order valence-electron chi connectivity index (χ1n) is 7.28. The molecule has 3 rings (SSSR count). The molecule has 1 amide bonds. The molecule has 2 aromatic heterocycles. The molecular weight excluding hydrogens is 282 g/mol. The number of hydrogen-bond donors (Lipinski definition) is 3. The number of nitrogens with zero attached hydrogens (tertiary/aromatic N) is 1. The summed E-state index contributed by atoms with van der Waals surface area (Å²) in [7, 11) is 0. The highest BCUT2D eigenvalue weighted by molar-refractivity contribution is 6.06. The van der Waals surface area contributed by atoms with Crippen molar-refractivity contribution in [1.29, 1.82) is 0 Å². The van der Waals surface area contributed by atoms with Crippen LogP contribution in [0.4, 0.5) is 5.82 Å². The van der Waals surface area contributed by atoms with Crippen molar-refractivity contribution in [3.63, 3.8) is 0 Å². The molecule has 1 aliphatic carbocycles.